The highest BCUT2D eigenvalue weighted by molar-refractivity contribution is 8.10. The lowest BCUT2D eigenvalue weighted by molar-refractivity contribution is 0.584. The van der Waals surface area contributed by atoms with Gasteiger partial charge in [0.25, 0.3) is 0 Å². The van der Waals surface area contributed by atoms with Gasteiger partial charge in [-0.3, -0.25) is 0 Å². The highest BCUT2D eigenvalue weighted by atomic mass is 32.3. The van der Waals surface area contributed by atoms with Crippen molar-refractivity contribution >= 4 is 42.4 Å². The van der Waals surface area contributed by atoms with Crippen LogP contribution in [0, 0.1) is 6.92 Å². The second-order valence-corrected chi connectivity index (χ2v) is 11.1. The van der Waals surface area contributed by atoms with Crippen LogP contribution in [0.4, 0.5) is 5.13 Å². The lowest BCUT2D eigenvalue weighted by Gasteiger charge is -2.14. The van der Waals surface area contributed by atoms with Crippen LogP contribution in [0.3, 0.4) is 0 Å². The van der Waals surface area contributed by atoms with Gasteiger partial charge in [-0.25, -0.2) is 21.8 Å². The Labute approximate surface area is 161 Å². The maximum atomic E-state index is 13.1. The van der Waals surface area contributed by atoms with Crippen LogP contribution >= 0.6 is 11.3 Å². The molecule has 0 aliphatic carbocycles. The van der Waals surface area contributed by atoms with E-state index in [0.717, 1.165) is 17.6 Å². The molecule has 0 saturated heterocycles. The number of rotatable bonds is 6. The first-order valence-corrected chi connectivity index (χ1v) is 11.6. The van der Waals surface area contributed by atoms with Crippen LogP contribution < -0.4 is 0 Å². The zero-order valence-corrected chi connectivity index (χ0v) is 16.6. The van der Waals surface area contributed by atoms with Crippen molar-refractivity contribution in [3.8, 4) is 0 Å². The Morgan fingerprint density at radius 2 is 1.33 bits per heavy atom. The summed E-state index contributed by atoms with van der Waals surface area (Å²) in [6.07, 6.45) is 0.907. The van der Waals surface area contributed by atoms with Gasteiger partial charge in [-0.1, -0.05) is 47.7 Å². The van der Waals surface area contributed by atoms with Crippen molar-refractivity contribution in [2.45, 2.75) is 21.3 Å². The normalized spacial score (nSPS) is 12.7. The van der Waals surface area contributed by atoms with Crippen LogP contribution in [0.1, 0.15) is 5.01 Å². The highest BCUT2D eigenvalue weighted by Gasteiger charge is 2.38. The molecular weight excluding hydrogens is 406 g/mol. The van der Waals surface area contributed by atoms with Crippen molar-refractivity contribution < 1.29 is 16.8 Å². The Bertz CT molecular complexity index is 1090. The van der Waals surface area contributed by atoms with Gasteiger partial charge in [-0.2, -0.15) is 0 Å². The molecule has 0 amide bonds. The first-order chi connectivity index (χ1) is 12.8. The van der Waals surface area contributed by atoms with Crippen molar-refractivity contribution in [2.24, 2.45) is 4.99 Å². The summed E-state index contributed by atoms with van der Waals surface area (Å²) in [5, 5.41) is 8.39. The second-order valence-electron chi connectivity index (χ2n) is 5.47. The minimum atomic E-state index is -4.25. The number of aromatic nitrogens is 2. The first-order valence-electron chi connectivity index (χ1n) is 7.74. The summed E-state index contributed by atoms with van der Waals surface area (Å²) in [6, 6.07) is 14.8. The lowest BCUT2D eigenvalue weighted by Crippen LogP contribution is -2.32. The van der Waals surface area contributed by atoms with E-state index in [9.17, 15) is 16.8 Å². The number of benzene rings is 2. The van der Waals surface area contributed by atoms with E-state index >= 15 is 0 Å². The van der Waals surface area contributed by atoms with Gasteiger partial charge in [0.15, 0.2) is 0 Å². The molecule has 7 nitrogen and oxygen atoms in total. The maximum absolute atomic E-state index is 13.1. The summed E-state index contributed by atoms with van der Waals surface area (Å²) < 4.78 is 50.4. The highest BCUT2D eigenvalue weighted by Crippen LogP contribution is 2.26. The van der Waals surface area contributed by atoms with Gasteiger partial charge in [-0.05, 0) is 31.2 Å². The van der Waals surface area contributed by atoms with Gasteiger partial charge in [0.2, 0.25) is 29.4 Å². The lowest BCUT2D eigenvalue weighted by atomic mass is 10.4. The van der Waals surface area contributed by atoms with Gasteiger partial charge in [0, 0.05) is 6.21 Å². The molecule has 0 radical (unpaired) electrons. The molecule has 0 fully saturated rings. The molecule has 0 spiro atoms. The van der Waals surface area contributed by atoms with Crippen LogP contribution in [-0.4, -0.2) is 37.8 Å². The number of hydrogen-bond donors (Lipinski definition) is 0. The van der Waals surface area contributed by atoms with E-state index in [1.165, 1.54) is 48.5 Å². The fourth-order valence-electron chi connectivity index (χ4n) is 2.28. The van der Waals surface area contributed by atoms with Crippen LogP contribution in [0.5, 0.6) is 0 Å². The molecule has 0 N–H and O–H groups in total. The zero-order chi connectivity index (χ0) is 19.5. The summed E-state index contributed by atoms with van der Waals surface area (Å²) in [4.78, 5) is 3.77. The van der Waals surface area contributed by atoms with Gasteiger partial charge < -0.3 is 0 Å². The molecule has 140 valence electrons. The largest absolute Gasteiger partial charge is 0.231 e. The minimum Gasteiger partial charge on any atom is -0.228 e. The van der Waals surface area contributed by atoms with E-state index in [1.54, 1.807) is 19.1 Å². The van der Waals surface area contributed by atoms with Crippen LogP contribution in [0.2, 0.25) is 0 Å². The molecule has 0 aliphatic rings. The quantitative estimate of drug-likeness (QED) is 0.567. The molecule has 3 aromatic rings. The van der Waals surface area contributed by atoms with E-state index in [0.29, 0.717) is 5.01 Å². The Morgan fingerprint density at radius 1 is 0.852 bits per heavy atom. The fourth-order valence-corrected chi connectivity index (χ4v) is 6.87. The third kappa shape index (κ3) is 4.12. The molecule has 0 bridgehead atoms. The van der Waals surface area contributed by atoms with E-state index in [4.69, 9.17) is 0 Å². The van der Waals surface area contributed by atoms with Gasteiger partial charge in [0.1, 0.15) is 5.01 Å². The van der Waals surface area contributed by atoms with Crippen molar-refractivity contribution in [3.63, 3.8) is 0 Å². The van der Waals surface area contributed by atoms with Gasteiger partial charge in [0.05, 0.1) is 9.79 Å². The van der Waals surface area contributed by atoms with Crippen molar-refractivity contribution in [3.05, 3.63) is 65.7 Å². The van der Waals surface area contributed by atoms with Crippen molar-refractivity contribution in [1.29, 1.82) is 0 Å². The van der Waals surface area contributed by atoms with E-state index in [2.05, 4.69) is 15.2 Å². The molecule has 1 aromatic heterocycles. The molecule has 0 saturated carbocycles. The molecule has 0 atom stereocenters. The monoisotopic (exact) mass is 421 g/mol. The fraction of sp³-hybridized carbons (Fsp3) is 0.118. The molecule has 3 rings (SSSR count). The van der Waals surface area contributed by atoms with E-state index < -0.39 is 24.3 Å². The van der Waals surface area contributed by atoms with Crippen molar-refractivity contribution in [1.82, 2.24) is 10.2 Å². The summed E-state index contributed by atoms with van der Waals surface area (Å²) in [6.45, 7) is 1.72. The Hall–Kier alpha value is -2.43. The molecule has 0 unspecified atom stereocenters. The molecule has 0 aliphatic heterocycles. The van der Waals surface area contributed by atoms with Crippen LogP contribution in [-0.2, 0) is 19.7 Å². The number of nitrogens with zero attached hydrogens (tertiary/aromatic N) is 3. The first kappa shape index (κ1) is 19.3. The summed E-state index contributed by atoms with van der Waals surface area (Å²) in [7, 11) is -8.50. The van der Waals surface area contributed by atoms with E-state index in [-0.39, 0.29) is 14.9 Å². The minimum absolute atomic E-state index is 0.102. The molecule has 1 heterocycles. The Morgan fingerprint density at radius 3 is 1.74 bits per heavy atom. The van der Waals surface area contributed by atoms with Crippen LogP contribution in [0.25, 0.3) is 0 Å². The standard InChI is InChI=1S/C17H15N3O4S3/c1-13-19-20-17(25-13)18-12-16(26(21,22)14-8-4-2-5-9-14)27(23,24)15-10-6-3-7-11-15/h2-12,16H,1H3. The Balaban J connectivity index is 2.14. The molecule has 27 heavy (non-hydrogen) atoms. The summed E-state index contributed by atoms with van der Waals surface area (Å²) in [5.74, 6) is 0. The number of aliphatic imine (C=N–C) groups is 1. The average molecular weight is 422 g/mol. The number of hydrogen-bond acceptors (Lipinski definition) is 8. The van der Waals surface area contributed by atoms with Gasteiger partial charge >= 0.3 is 0 Å². The smallest absolute Gasteiger partial charge is 0.228 e. The topological polar surface area (TPSA) is 106 Å². The third-order valence-corrected chi connectivity index (χ3v) is 9.17. The zero-order valence-electron chi connectivity index (χ0n) is 14.1. The summed E-state index contributed by atoms with van der Waals surface area (Å²) >= 11 is 1.13. The SMILES string of the molecule is Cc1nnc(N=CC(S(=O)(=O)c2ccccc2)S(=O)(=O)c2ccccc2)s1. The van der Waals surface area contributed by atoms with Gasteiger partial charge in [-0.15, -0.1) is 10.2 Å². The maximum Gasteiger partial charge on any atom is 0.231 e. The summed E-state index contributed by atoms with van der Waals surface area (Å²) in [5.41, 5.74) is 0. The second kappa shape index (κ2) is 7.67. The molecule has 10 heteroatoms. The average Bonchev–Trinajstić information content (AvgIpc) is 3.08. The molecular formula is C17H15N3O4S3. The number of aryl methyl sites for hydroxylation is 1. The van der Waals surface area contributed by atoms with Crippen LogP contribution in [0.15, 0.2) is 75.4 Å². The predicted octanol–water partition coefficient (Wildman–Crippen LogP) is 2.82. The third-order valence-electron chi connectivity index (χ3n) is 3.58. The van der Waals surface area contributed by atoms with Crippen molar-refractivity contribution in [2.75, 3.05) is 0 Å². The van der Waals surface area contributed by atoms with E-state index in [1.807, 2.05) is 0 Å². The predicted molar refractivity (Wildman–Crippen MR) is 104 cm³/mol. The number of sulfone groups is 2. The Kier molecular flexibility index (Phi) is 5.49. The molecule has 2 aromatic carbocycles.